The molecule has 0 aliphatic carbocycles. The smallest absolute Gasteiger partial charge is 0.155 e. The Hall–Kier alpha value is -0.0900. The molecule has 3 nitrogen and oxygen atoms in total. The SMILES string of the molecule is CNC(C)(C)CC1CCS(=O)(=O)C1(C)C. The number of hydrogen-bond donors (Lipinski definition) is 1. The van der Waals surface area contributed by atoms with Gasteiger partial charge in [0.25, 0.3) is 0 Å². The fourth-order valence-corrected chi connectivity index (χ4v) is 4.06. The van der Waals surface area contributed by atoms with E-state index in [0.29, 0.717) is 5.75 Å². The Kier molecular flexibility index (Phi) is 3.23. The van der Waals surface area contributed by atoms with E-state index in [2.05, 4.69) is 19.2 Å². The third kappa shape index (κ3) is 2.36. The van der Waals surface area contributed by atoms with Crippen molar-refractivity contribution in [2.24, 2.45) is 5.92 Å². The number of hydrogen-bond acceptors (Lipinski definition) is 3. The molecule has 0 aromatic heterocycles. The number of sulfone groups is 1. The maximum Gasteiger partial charge on any atom is 0.155 e. The Balaban J connectivity index is 2.84. The average Bonchev–Trinajstić information content (AvgIpc) is 2.28. The van der Waals surface area contributed by atoms with Crippen LogP contribution in [0.2, 0.25) is 0 Å². The second-order valence-corrected chi connectivity index (χ2v) is 8.44. The van der Waals surface area contributed by atoms with Crippen LogP contribution in [0.25, 0.3) is 0 Å². The molecule has 1 rings (SSSR count). The molecule has 0 aromatic rings. The Morgan fingerprint density at radius 3 is 2.27 bits per heavy atom. The molecule has 90 valence electrons. The van der Waals surface area contributed by atoms with E-state index in [1.165, 1.54) is 0 Å². The van der Waals surface area contributed by atoms with Gasteiger partial charge in [-0.1, -0.05) is 0 Å². The highest BCUT2D eigenvalue weighted by molar-refractivity contribution is 7.93. The summed E-state index contributed by atoms with van der Waals surface area (Å²) in [6.07, 6.45) is 1.72. The first-order chi connectivity index (χ1) is 6.62. The number of rotatable bonds is 3. The lowest BCUT2D eigenvalue weighted by molar-refractivity contribution is 0.280. The van der Waals surface area contributed by atoms with Gasteiger partial charge >= 0.3 is 0 Å². The predicted molar refractivity (Wildman–Crippen MR) is 63.7 cm³/mol. The van der Waals surface area contributed by atoms with Crippen molar-refractivity contribution < 1.29 is 8.42 Å². The first kappa shape index (κ1) is 13.0. The third-order valence-electron chi connectivity index (χ3n) is 3.95. The molecule has 0 amide bonds. The third-order valence-corrected chi connectivity index (χ3v) is 6.66. The van der Waals surface area contributed by atoms with Crippen LogP contribution < -0.4 is 5.32 Å². The molecule has 0 radical (unpaired) electrons. The van der Waals surface area contributed by atoms with E-state index in [0.717, 1.165) is 12.8 Å². The van der Waals surface area contributed by atoms with Gasteiger partial charge in [-0.05, 0) is 53.5 Å². The normalized spacial score (nSPS) is 29.3. The summed E-state index contributed by atoms with van der Waals surface area (Å²) in [5.74, 6) is 0.620. The van der Waals surface area contributed by atoms with Gasteiger partial charge < -0.3 is 5.32 Å². The predicted octanol–water partition coefficient (Wildman–Crippen LogP) is 1.59. The van der Waals surface area contributed by atoms with Gasteiger partial charge in [0.1, 0.15) is 0 Å². The summed E-state index contributed by atoms with van der Waals surface area (Å²) < 4.78 is 23.1. The van der Waals surface area contributed by atoms with Crippen molar-refractivity contribution >= 4 is 9.84 Å². The van der Waals surface area contributed by atoms with Crippen LogP contribution in [0, 0.1) is 5.92 Å². The van der Waals surface area contributed by atoms with Crippen LogP contribution in [0.3, 0.4) is 0 Å². The van der Waals surface area contributed by atoms with E-state index in [1.807, 2.05) is 20.9 Å². The Morgan fingerprint density at radius 1 is 1.40 bits per heavy atom. The molecular weight excluding hydrogens is 210 g/mol. The summed E-state index contributed by atoms with van der Waals surface area (Å²) in [6.45, 7) is 7.97. The van der Waals surface area contributed by atoms with Crippen LogP contribution in [-0.4, -0.2) is 31.5 Å². The molecular formula is C11H23NO2S. The quantitative estimate of drug-likeness (QED) is 0.805. The monoisotopic (exact) mass is 233 g/mol. The Morgan fingerprint density at radius 2 is 1.93 bits per heavy atom. The zero-order chi connectivity index (χ0) is 11.9. The van der Waals surface area contributed by atoms with Gasteiger partial charge in [-0.25, -0.2) is 8.42 Å². The molecule has 1 saturated heterocycles. The summed E-state index contributed by atoms with van der Waals surface area (Å²) in [4.78, 5) is 0. The first-order valence-corrected chi connectivity index (χ1v) is 7.19. The minimum atomic E-state index is -2.88. The van der Waals surface area contributed by atoms with E-state index in [1.54, 1.807) is 0 Å². The molecule has 0 saturated carbocycles. The lowest BCUT2D eigenvalue weighted by atomic mass is 9.82. The van der Waals surface area contributed by atoms with Gasteiger partial charge in [0.15, 0.2) is 9.84 Å². The maximum atomic E-state index is 11.8. The van der Waals surface area contributed by atoms with Crippen molar-refractivity contribution in [2.75, 3.05) is 12.8 Å². The number of nitrogens with one attached hydrogen (secondary N) is 1. The van der Waals surface area contributed by atoms with Gasteiger partial charge in [0.2, 0.25) is 0 Å². The zero-order valence-electron chi connectivity index (χ0n) is 10.4. The molecule has 1 fully saturated rings. The zero-order valence-corrected chi connectivity index (χ0v) is 11.2. The van der Waals surface area contributed by atoms with Gasteiger partial charge in [-0.15, -0.1) is 0 Å². The highest BCUT2D eigenvalue weighted by atomic mass is 32.2. The van der Waals surface area contributed by atoms with Crippen molar-refractivity contribution in [3.8, 4) is 0 Å². The fraction of sp³-hybridized carbons (Fsp3) is 1.00. The highest BCUT2D eigenvalue weighted by Crippen LogP contribution is 2.41. The molecule has 1 N–H and O–H groups in total. The largest absolute Gasteiger partial charge is 0.315 e. The standard InChI is InChI=1S/C11H23NO2S/c1-10(2,12-5)8-9-6-7-15(13,14)11(9,3)4/h9,12H,6-8H2,1-5H3. The van der Waals surface area contributed by atoms with Crippen molar-refractivity contribution in [1.29, 1.82) is 0 Å². The minimum absolute atomic E-state index is 0.0157. The summed E-state index contributed by atoms with van der Waals surface area (Å²) in [7, 11) is -0.955. The van der Waals surface area contributed by atoms with E-state index in [-0.39, 0.29) is 11.5 Å². The molecule has 1 atom stereocenters. The molecule has 1 unspecified atom stereocenters. The lowest BCUT2D eigenvalue weighted by Gasteiger charge is -2.33. The topological polar surface area (TPSA) is 46.2 Å². The van der Waals surface area contributed by atoms with Gasteiger partial charge in [-0.3, -0.25) is 0 Å². The summed E-state index contributed by atoms with van der Waals surface area (Å²) in [6, 6.07) is 0. The minimum Gasteiger partial charge on any atom is -0.315 e. The van der Waals surface area contributed by atoms with Crippen LogP contribution in [0.4, 0.5) is 0 Å². The van der Waals surface area contributed by atoms with E-state index in [4.69, 9.17) is 0 Å². The molecule has 0 spiro atoms. The Bertz CT molecular complexity index is 330. The van der Waals surface area contributed by atoms with Crippen molar-refractivity contribution in [3.63, 3.8) is 0 Å². The molecule has 1 aliphatic heterocycles. The molecule has 4 heteroatoms. The van der Waals surface area contributed by atoms with E-state index in [9.17, 15) is 8.42 Å². The molecule has 0 aromatic carbocycles. The summed E-state index contributed by atoms with van der Waals surface area (Å²) in [5.41, 5.74) is 0.0157. The van der Waals surface area contributed by atoms with Gasteiger partial charge in [-0.2, -0.15) is 0 Å². The molecule has 15 heavy (non-hydrogen) atoms. The molecule has 1 aliphatic rings. The van der Waals surface area contributed by atoms with Crippen LogP contribution in [0.1, 0.15) is 40.5 Å². The second-order valence-electron chi connectivity index (χ2n) is 5.75. The van der Waals surface area contributed by atoms with Crippen LogP contribution >= 0.6 is 0 Å². The van der Waals surface area contributed by atoms with Crippen molar-refractivity contribution in [2.45, 2.75) is 50.8 Å². The fourth-order valence-electron chi connectivity index (χ4n) is 2.23. The highest BCUT2D eigenvalue weighted by Gasteiger charge is 2.48. The average molecular weight is 233 g/mol. The van der Waals surface area contributed by atoms with Crippen LogP contribution in [0.15, 0.2) is 0 Å². The van der Waals surface area contributed by atoms with E-state index >= 15 is 0 Å². The Labute approximate surface area is 93.6 Å². The molecule has 1 heterocycles. The summed E-state index contributed by atoms with van der Waals surface area (Å²) in [5, 5.41) is 3.24. The van der Waals surface area contributed by atoms with Gasteiger partial charge in [0, 0.05) is 5.54 Å². The summed E-state index contributed by atoms with van der Waals surface area (Å²) >= 11 is 0. The second kappa shape index (κ2) is 3.74. The van der Waals surface area contributed by atoms with Crippen molar-refractivity contribution in [3.05, 3.63) is 0 Å². The van der Waals surface area contributed by atoms with E-state index < -0.39 is 14.6 Å². The van der Waals surface area contributed by atoms with Crippen LogP contribution in [-0.2, 0) is 9.84 Å². The maximum absolute atomic E-state index is 11.8. The first-order valence-electron chi connectivity index (χ1n) is 5.53. The molecule has 0 bridgehead atoms. The van der Waals surface area contributed by atoms with Gasteiger partial charge in [0.05, 0.1) is 10.5 Å². The lowest BCUT2D eigenvalue weighted by Crippen LogP contribution is -2.43. The van der Waals surface area contributed by atoms with Crippen LogP contribution in [0.5, 0.6) is 0 Å². The van der Waals surface area contributed by atoms with Crippen molar-refractivity contribution in [1.82, 2.24) is 5.32 Å².